The summed E-state index contributed by atoms with van der Waals surface area (Å²) in [7, 11) is 1.81. The predicted octanol–water partition coefficient (Wildman–Crippen LogP) is 4.92. The van der Waals surface area contributed by atoms with Crippen LogP contribution < -0.4 is 10.1 Å². The average molecular weight is 303 g/mol. The lowest BCUT2D eigenvalue weighted by Crippen LogP contribution is -2.45. The van der Waals surface area contributed by atoms with Gasteiger partial charge in [0.25, 0.3) is 0 Å². The van der Waals surface area contributed by atoms with E-state index >= 15 is 0 Å². The molecule has 2 nitrogen and oxygen atoms in total. The van der Waals surface area contributed by atoms with E-state index in [-0.39, 0.29) is 0 Å². The monoisotopic (exact) mass is 303 g/mol. The number of rotatable bonds is 8. The minimum Gasteiger partial charge on any atom is -0.496 e. The van der Waals surface area contributed by atoms with Crippen molar-refractivity contribution in [1.82, 2.24) is 5.32 Å². The highest BCUT2D eigenvalue weighted by molar-refractivity contribution is 5.46. The minimum atomic E-state index is 0.591. The first-order valence-corrected chi connectivity index (χ1v) is 9.15. The zero-order chi connectivity index (χ0) is 15.9. The molecule has 0 saturated carbocycles. The standard InChI is InChI=1S/C20H33NO/c1-5-9-16-14-15-11-8-12-18(22-4)19(15)17(10-6-2)20(16)21-13-7-3/h8,11-12,16-17,20-21H,5-7,9-10,13-14H2,1-4H3/t16-,17+,20-/m1/s1. The van der Waals surface area contributed by atoms with E-state index in [1.165, 1.54) is 49.7 Å². The largest absolute Gasteiger partial charge is 0.496 e. The summed E-state index contributed by atoms with van der Waals surface area (Å²) in [6.45, 7) is 7.99. The second kappa shape index (κ2) is 8.57. The van der Waals surface area contributed by atoms with Crippen LogP contribution in [0.15, 0.2) is 18.2 Å². The van der Waals surface area contributed by atoms with Crippen molar-refractivity contribution < 1.29 is 4.74 Å². The summed E-state index contributed by atoms with van der Waals surface area (Å²) in [6.07, 6.45) is 7.46. The van der Waals surface area contributed by atoms with Gasteiger partial charge in [-0.25, -0.2) is 0 Å². The summed E-state index contributed by atoms with van der Waals surface area (Å²) in [5, 5.41) is 3.88. The highest BCUT2D eigenvalue weighted by atomic mass is 16.5. The van der Waals surface area contributed by atoms with Crippen molar-refractivity contribution in [3.05, 3.63) is 29.3 Å². The van der Waals surface area contributed by atoms with E-state index in [9.17, 15) is 0 Å². The van der Waals surface area contributed by atoms with Gasteiger partial charge in [-0.3, -0.25) is 0 Å². The van der Waals surface area contributed by atoms with Gasteiger partial charge in [-0.1, -0.05) is 45.7 Å². The first kappa shape index (κ1) is 17.3. The third-order valence-electron chi connectivity index (χ3n) is 5.06. The van der Waals surface area contributed by atoms with Crippen LogP contribution in [0.2, 0.25) is 0 Å². The molecule has 1 aliphatic carbocycles. The van der Waals surface area contributed by atoms with Crippen LogP contribution in [0, 0.1) is 5.92 Å². The Labute approximate surface area is 136 Å². The number of ether oxygens (including phenoxy) is 1. The maximum atomic E-state index is 5.71. The zero-order valence-corrected chi connectivity index (χ0v) is 14.8. The van der Waals surface area contributed by atoms with Gasteiger partial charge in [0.05, 0.1) is 7.11 Å². The van der Waals surface area contributed by atoms with Gasteiger partial charge in [-0.05, 0) is 49.8 Å². The molecule has 0 aliphatic heterocycles. The van der Waals surface area contributed by atoms with Crippen molar-refractivity contribution in [3.63, 3.8) is 0 Å². The van der Waals surface area contributed by atoms with Crippen LogP contribution in [-0.2, 0) is 6.42 Å². The summed E-state index contributed by atoms with van der Waals surface area (Å²) in [6, 6.07) is 7.21. The van der Waals surface area contributed by atoms with Crippen LogP contribution in [0.5, 0.6) is 5.75 Å². The summed E-state index contributed by atoms with van der Waals surface area (Å²) in [5.41, 5.74) is 3.00. The molecule has 0 saturated heterocycles. The molecule has 0 radical (unpaired) electrons. The molecule has 22 heavy (non-hydrogen) atoms. The van der Waals surface area contributed by atoms with Crippen LogP contribution in [-0.4, -0.2) is 19.7 Å². The average Bonchev–Trinajstić information content (AvgIpc) is 2.54. The highest BCUT2D eigenvalue weighted by Gasteiger charge is 2.36. The molecule has 0 amide bonds. The van der Waals surface area contributed by atoms with Gasteiger partial charge in [-0.15, -0.1) is 0 Å². The molecule has 1 aliphatic rings. The quantitative estimate of drug-likeness (QED) is 0.736. The minimum absolute atomic E-state index is 0.591. The Balaban J connectivity index is 2.40. The molecular weight excluding hydrogens is 270 g/mol. The van der Waals surface area contributed by atoms with Crippen molar-refractivity contribution in [2.24, 2.45) is 5.92 Å². The van der Waals surface area contributed by atoms with Crippen molar-refractivity contribution in [3.8, 4) is 5.75 Å². The van der Waals surface area contributed by atoms with E-state index in [1.54, 1.807) is 0 Å². The lowest BCUT2D eigenvalue weighted by molar-refractivity contribution is 0.253. The molecule has 1 aromatic rings. The first-order valence-electron chi connectivity index (χ1n) is 9.15. The Morgan fingerprint density at radius 2 is 1.86 bits per heavy atom. The van der Waals surface area contributed by atoms with Crippen LogP contribution in [0.4, 0.5) is 0 Å². The summed E-state index contributed by atoms with van der Waals surface area (Å²) in [5.74, 6) is 2.44. The van der Waals surface area contributed by atoms with E-state index in [2.05, 4.69) is 44.3 Å². The summed E-state index contributed by atoms with van der Waals surface area (Å²) >= 11 is 0. The second-order valence-electron chi connectivity index (χ2n) is 6.66. The summed E-state index contributed by atoms with van der Waals surface area (Å²) < 4.78 is 5.71. The number of hydrogen-bond acceptors (Lipinski definition) is 2. The molecule has 0 heterocycles. The highest BCUT2D eigenvalue weighted by Crippen LogP contribution is 2.43. The molecule has 124 valence electrons. The number of benzene rings is 1. The van der Waals surface area contributed by atoms with Crippen LogP contribution in [0.3, 0.4) is 0 Å². The SMILES string of the molecule is CCCN[C@@H]1[C@H](CCC)Cc2cccc(OC)c2[C@@H]1CCC. The Kier molecular flexibility index (Phi) is 6.75. The third-order valence-corrected chi connectivity index (χ3v) is 5.06. The van der Waals surface area contributed by atoms with Crippen LogP contribution >= 0.6 is 0 Å². The number of nitrogens with one attached hydrogen (secondary N) is 1. The molecule has 0 unspecified atom stereocenters. The van der Waals surface area contributed by atoms with Gasteiger partial charge in [0.2, 0.25) is 0 Å². The van der Waals surface area contributed by atoms with E-state index in [0.29, 0.717) is 12.0 Å². The molecule has 0 bridgehead atoms. The fraction of sp³-hybridized carbons (Fsp3) is 0.700. The Hall–Kier alpha value is -1.02. The molecular formula is C20H33NO. The lowest BCUT2D eigenvalue weighted by atomic mass is 9.69. The van der Waals surface area contributed by atoms with E-state index in [1.807, 2.05) is 7.11 Å². The van der Waals surface area contributed by atoms with E-state index in [0.717, 1.165) is 18.2 Å². The maximum absolute atomic E-state index is 5.71. The molecule has 0 spiro atoms. The fourth-order valence-corrected chi connectivity index (χ4v) is 4.19. The van der Waals surface area contributed by atoms with Gasteiger partial charge in [0.1, 0.15) is 5.75 Å². The van der Waals surface area contributed by atoms with Gasteiger partial charge in [0, 0.05) is 17.5 Å². The topological polar surface area (TPSA) is 21.3 Å². The van der Waals surface area contributed by atoms with Gasteiger partial charge in [-0.2, -0.15) is 0 Å². The zero-order valence-electron chi connectivity index (χ0n) is 14.8. The van der Waals surface area contributed by atoms with Gasteiger partial charge in [0.15, 0.2) is 0 Å². The molecule has 2 rings (SSSR count). The van der Waals surface area contributed by atoms with Crippen LogP contribution in [0.1, 0.15) is 69.9 Å². The van der Waals surface area contributed by atoms with Gasteiger partial charge >= 0.3 is 0 Å². The number of fused-ring (bicyclic) bond motifs is 1. The maximum Gasteiger partial charge on any atom is 0.122 e. The Morgan fingerprint density at radius 1 is 1.09 bits per heavy atom. The van der Waals surface area contributed by atoms with E-state index in [4.69, 9.17) is 4.74 Å². The lowest BCUT2D eigenvalue weighted by Gasteiger charge is -2.41. The fourth-order valence-electron chi connectivity index (χ4n) is 4.19. The molecule has 1 aromatic carbocycles. The molecule has 0 fully saturated rings. The van der Waals surface area contributed by atoms with Crippen molar-refractivity contribution in [2.75, 3.05) is 13.7 Å². The van der Waals surface area contributed by atoms with Crippen molar-refractivity contribution >= 4 is 0 Å². The molecule has 0 aromatic heterocycles. The first-order chi connectivity index (χ1) is 10.8. The van der Waals surface area contributed by atoms with Crippen LogP contribution in [0.25, 0.3) is 0 Å². The van der Waals surface area contributed by atoms with Crippen molar-refractivity contribution in [1.29, 1.82) is 0 Å². The summed E-state index contributed by atoms with van der Waals surface area (Å²) in [4.78, 5) is 0. The third kappa shape index (κ3) is 3.65. The smallest absolute Gasteiger partial charge is 0.122 e. The van der Waals surface area contributed by atoms with E-state index < -0.39 is 0 Å². The predicted molar refractivity (Wildman–Crippen MR) is 94.8 cm³/mol. The normalized spacial score (nSPS) is 24.1. The molecule has 1 N–H and O–H groups in total. The van der Waals surface area contributed by atoms with Crippen molar-refractivity contribution in [2.45, 2.75) is 71.3 Å². The molecule has 3 atom stereocenters. The molecule has 2 heteroatoms. The second-order valence-corrected chi connectivity index (χ2v) is 6.66. The number of hydrogen-bond donors (Lipinski definition) is 1. The van der Waals surface area contributed by atoms with Gasteiger partial charge < -0.3 is 10.1 Å². The Bertz CT molecular complexity index is 457. The Morgan fingerprint density at radius 3 is 2.50 bits per heavy atom. The number of methoxy groups -OCH3 is 1.